The minimum atomic E-state index is -0.416. The quantitative estimate of drug-likeness (QED) is 0.605. The lowest BCUT2D eigenvalue weighted by atomic mass is 10.1. The summed E-state index contributed by atoms with van der Waals surface area (Å²) in [5, 5.41) is 9.48. The molecule has 0 saturated heterocycles. The largest absolute Gasteiger partial charge is 0.508 e. The highest BCUT2D eigenvalue weighted by Gasteiger charge is 2.10. The molecule has 0 radical (unpaired) electrons. The minimum absolute atomic E-state index is 0.169. The third-order valence-electron chi connectivity index (χ3n) is 1.96. The summed E-state index contributed by atoms with van der Waals surface area (Å²) in [7, 11) is 0. The zero-order valence-electron chi connectivity index (χ0n) is 8.69. The van der Waals surface area contributed by atoms with Gasteiger partial charge in [0.2, 0.25) is 0 Å². The molecule has 3 heteroatoms. The molecule has 1 N–H and O–H groups in total. The second-order valence-electron chi connectivity index (χ2n) is 3.13. The van der Waals surface area contributed by atoms with Crippen molar-refractivity contribution in [1.82, 2.24) is 0 Å². The summed E-state index contributed by atoms with van der Waals surface area (Å²) in [5.41, 5.74) is 1.02. The Labute approximate surface area is 89.0 Å². The number of ether oxygens (including phenoxy) is 1. The van der Waals surface area contributed by atoms with E-state index in [1.807, 2.05) is 0 Å². The molecule has 0 aliphatic heterocycles. The molecule has 0 atom stereocenters. The summed E-state index contributed by atoms with van der Waals surface area (Å²) in [4.78, 5) is 11.3. The third kappa shape index (κ3) is 3.13. The number of aromatic hydroxyl groups is 1. The van der Waals surface area contributed by atoms with Crippen molar-refractivity contribution in [1.29, 1.82) is 0 Å². The summed E-state index contributed by atoms with van der Waals surface area (Å²) in [6.45, 7) is 5.70. The van der Waals surface area contributed by atoms with Crippen LogP contribution in [0.2, 0.25) is 0 Å². The van der Waals surface area contributed by atoms with Crippen molar-refractivity contribution in [3.8, 4) is 5.75 Å². The molecule has 0 heterocycles. The van der Waals surface area contributed by atoms with Crippen LogP contribution in [0.4, 0.5) is 0 Å². The number of benzene rings is 1. The van der Waals surface area contributed by atoms with Gasteiger partial charge in [0.1, 0.15) is 5.75 Å². The van der Waals surface area contributed by atoms with Crippen molar-refractivity contribution in [2.45, 2.75) is 13.3 Å². The molecule has 3 nitrogen and oxygen atoms in total. The monoisotopic (exact) mass is 206 g/mol. The van der Waals surface area contributed by atoms with Gasteiger partial charge in [0.15, 0.2) is 0 Å². The number of phenolic OH excluding ortho intramolecular Hbond substituents is 1. The smallest absolute Gasteiger partial charge is 0.333 e. The van der Waals surface area contributed by atoms with Crippen LogP contribution in [0.25, 0.3) is 0 Å². The molecule has 1 aromatic carbocycles. The number of carbonyl (C=O) groups excluding carboxylic acids is 1. The lowest BCUT2D eigenvalue weighted by Crippen LogP contribution is -2.08. The average molecular weight is 206 g/mol. The van der Waals surface area contributed by atoms with Crippen LogP contribution in [0.3, 0.4) is 0 Å². The van der Waals surface area contributed by atoms with E-state index in [0.29, 0.717) is 24.2 Å². The van der Waals surface area contributed by atoms with E-state index in [0.717, 1.165) is 0 Å². The van der Waals surface area contributed by atoms with Crippen LogP contribution in [0.5, 0.6) is 5.75 Å². The van der Waals surface area contributed by atoms with E-state index >= 15 is 0 Å². The van der Waals surface area contributed by atoms with Gasteiger partial charge in [-0.15, -0.1) is 0 Å². The molecule has 0 aliphatic carbocycles. The first-order valence-electron chi connectivity index (χ1n) is 4.77. The van der Waals surface area contributed by atoms with E-state index in [4.69, 9.17) is 4.74 Å². The first kappa shape index (κ1) is 11.3. The molecular weight excluding hydrogens is 192 g/mol. The standard InChI is InChI=1S/C12H14O3/c1-3-15-12(14)9(2)8-10-6-4-5-7-11(10)13/h4-7,13H,2-3,8H2,1H3. The Kier molecular flexibility index (Phi) is 3.92. The van der Waals surface area contributed by atoms with Crippen molar-refractivity contribution < 1.29 is 14.6 Å². The van der Waals surface area contributed by atoms with E-state index < -0.39 is 5.97 Å². The second-order valence-corrected chi connectivity index (χ2v) is 3.13. The third-order valence-corrected chi connectivity index (χ3v) is 1.96. The molecule has 0 aliphatic rings. The molecule has 0 amide bonds. The van der Waals surface area contributed by atoms with Gasteiger partial charge in [0.05, 0.1) is 6.61 Å². The van der Waals surface area contributed by atoms with E-state index in [-0.39, 0.29) is 5.75 Å². The number of esters is 1. The van der Waals surface area contributed by atoms with E-state index in [1.54, 1.807) is 31.2 Å². The molecule has 0 spiro atoms. The highest BCUT2D eigenvalue weighted by molar-refractivity contribution is 5.88. The molecule has 1 aromatic rings. The van der Waals surface area contributed by atoms with Crippen molar-refractivity contribution >= 4 is 5.97 Å². The number of rotatable bonds is 4. The Bertz CT molecular complexity index is 369. The molecule has 0 unspecified atom stereocenters. The minimum Gasteiger partial charge on any atom is -0.508 e. The Balaban J connectivity index is 2.67. The highest BCUT2D eigenvalue weighted by Crippen LogP contribution is 2.19. The number of phenols is 1. The van der Waals surface area contributed by atoms with Gasteiger partial charge in [-0.2, -0.15) is 0 Å². The van der Waals surface area contributed by atoms with Crippen LogP contribution in [-0.2, 0) is 16.0 Å². The molecule has 15 heavy (non-hydrogen) atoms. The number of hydrogen-bond donors (Lipinski definition) is 1. The fourth-order valence-corrected chi connectivity index (χ4v) is 1.20. The van der Waals surface area contributed by atoms with E-state index in [1.165, 1.54) is 0 Å². The Morgan fingerprint density at radius 2 is 2.13 bits per heavy atom. The molecule has 1 rings (SSSR count). The molecular formula is C12H14O3. The Morgan fingerprint density at radius 1 is 1.47 bits per heavy atom. The van der Waals surface area contributed by atoms with Gasteiger partial charge in [-0.1, -0.05) is 24.8 Å². The predicted octanol–water partition coefficient (Wildman–Crippen LogP) is 2.05. The Hall–Kier alpha value is -1.77. The second kappa shape index (κ2) is 5.20. The fourth-order valence-electron chi connectivity index (χ4n) is 1.20. The zero-order valence-corrected chi connectivity index (χ0v) is 8.69. The van der Waals surface area contributed by atoms with Crippen molar-refractivity contribution in [2.75, 3.05) is 6.61 Å². The van der Waals surface area contributed by atoms with Crippen LogP contribution < -0.4 is 0 Å². The maximum absolute atomic E-state index is 11.3. The predicted molar refractivity (Wildman–Crippen MR) is 57.6 cm³/mol. The summed E-state index contributed by atoms with van der Waals surface area (Å²) in [6.07, 6.45) is 0.311. The van der Waals surface area contributed by atoms with Crippen LogP contribution in [0.1, 0.15) is 12.5 Å². The van der Waals surface area contributed by atoms with Crippen LogP contribution in [-0.4, -0.2) is 17.7 Å². The first-order chi connectivity index (χ1) is 7.15. The SMILES string of the molecule is C=C(Cc1ccccc1O)C(=O)OCC. The molecule has 0 bridgehead atoms. The van der Waals surface area contributed by atoms with E-state index in [9.17, 15) is 9.90 Å². The number of carbonyl (C=O) groups is 1. The Morgan fingerprint density at radius 3 is 2.73 bits per heavy atom. The van der Waals surface area contributed by atoms with Gasteiger partial charge in [-0.05, 0) is 18.6 Å². The normalized spacial score (nSPS) is 9.67. The summed E-state index contributed by atoms with van der Waals surface area (Å²) < 4.78 is 4.80. The highest BCUT2D eigenvalue weighted by atomic mass is 16.5. The number of para-hydroxylation sites is 1. The number of hydrogen-bond acceptors (Lipinski definition) is 3. The maximum Gasteiger partial charge on any atom is 0.333 e. The van der Waals surface area contributed by atoms with Crippen molar-refractivity contribution in [3.63, 3.8) is 0 Å². The van der Waals surface area contributed by atoms with Gasteiger partial charge >= 0.3 is 5.97 Å². The lowest BCUT2D eigenvalue weighted by molar-refractivity contribution is -0.138. The van der Waals surface area contributed by atoms with Crippen molar-refractivity contribution in [2.24, 2.45) is 0 Å². The van der Waals surface area contributed by atoms with Gasteiger partial charge in [0, 0.05) is 12.0 Å². The molecule has 0 aromatic heterocycles. The van der Waals surface area contributed by atoms with Crippen LogP contribution in [0.15, 0.2) is 36.4 Å². The molecule has 80 valence electrons. The van der Waals surface area contributed by atoms with Gasteiger partial charge in [0.25, 0.3) is 0 Å². The lowest BCUT2D eigenvalue weighted by Gasteiger charge is -2.06. The van der Waals surface area contributed by atoms with Crippen molar-refractivity contribution in [3.05, 3.63) is 42.0 Å². The van der Waals surface area contributed by atoms with E-state index in [2.05, 4.69) is 6.58 Å². The fraction of sp³-hybridized carbons (Fsp3) is 0.250. The zero-order chi connectivity index (χ0) is 11.3. The molecule has 0 saturated carbocycles. The maximum atomic E-state index is 11.3. The van der Waals surface area contributed by atoms with Gasteiger partial charge in [-0.25, -0.2) is 4.79 Å². The van der Waals surface area contributed by atoms with Crippen LogP contribution >= 0.6 is 0 Å². The van der Waals surface area contributed by atoms with Gasteiger partial charge in [-0.3, -0.25) is 0 Å². The molecule has 0 fully saturated rings. The summed E-state index contributed by atoms with van der Waals surface area (Å²) >= 11 is 0. The van der Waals surface area contributed by atoms with Crippen LogP contribution in [0, 0.1) is 0 Å². The summed E-state index contributed by atoms with van der Waals surface area (Å²) in [5.74, 6) is -0.247. The van der Waals surface area contributed by atoms with Gasteiger partial charge < -0.3 is 9.84 Å². The topological polar surface area (TPSA) is 46.5 Å². The summed E-state index contributed by atoms with van der Waals surface area (Å²) in [6, 6.07) is 6.85. The first-order valence-corrected chi connectivity index (χ1v) is 4.77. The average Bonchev–Trinajstić information content (AvgIpc) is 2.21.